The van der Waals surface area contributed by atoms with Crippen LogP contribution in [0.2, 0.25) is 0 Å². The Balaban J connectivity index is 2.52. The van der Waals surface area contributed by atoms with Gasteiger partial charge in [-0.3, -0.25) is 0 Å². The molecular formula is C6H11Cl. The van der Waals surface area contributed by atoms with Crippen molar-refractivity contribution in [3.8, 4) is 0 Å². The fraction of sp³-hybridized carbons (Fsp3) is 1.00. The van der Waals surface area contributed by atoms with Crippen molar-refractivity contribution >= 4 is 11.6 Å². The minimum absolute atomic E-state index is 0.139. The van der Waals surface area contributed by atoms with Gasteiger partial charge in [0.2, 0.25) is 0 Å². The summed E-state index contributed by atoms with van der Waals surface area (Å²) in [7, 11) is 0. The molecule has 0 saturated heterocycles. The van der Waals surface area contributed by atoms with E-state index >= 15 is 0 Å². The summed E-state index contributed by atoms with van der Waals surface area (Å²) in [5, 5.41) is 0. The van der Waals surface area contributed by atoms with Crippen molar-refractivity contribution in [1.29, 1.82) is 0 Å². The lowest BCUT2D eigenvalue weighted by molar-refractivity contribution is 0.834. The van der Waals surface area contributed by atoms with Crippen LogP contribution in [0.3, 0.4) is 0 Å². The van der Waals surface area contributed by atoms with Gasteiger partial charge in [0.25, 0.3) is 0 Å². The predicted octanol–water partition coefficient (Wildman–Crippen LogP) is 2.27. The molecule has 0 aromatic carbocycles. The molecule has 42 valence electrons. The van der Waals surface area contributed by atoms with E-state index < -0.39 is 0 Å². The average molecular weight is 119 g/mol. The third-order valence-electron chi connectivity index (χ3n) is 2.42. The van der Waals surface area contributed by atoms with Crippen LogP contribution in [0.15, 0.2) is 0 Å². The van der Waals surface area contributed by atoms with E-state index in [-0.39, 0.29) is 4.87 Å². The minimum Gasteiger partial charge on any atom is -0.119 e. The van der Waals surface area contributed by atoms with Gasteiger partial charge in [0, 0.05) is 4.87 Å². The summed E-state index contributed by atoms with van der Waals surface area (Å²) in [5.74, 6) is 1.46. The fourth-order valence-corrected chi connectivity index (χ4v) is 1.25. The standard InChI is InChI=1S/C6H11Cl/c1-4-5(2)6(4,3)7/h4-5H,1-3H3. The van der Waals surface area contributed by atoms with Crippen molar-refractivity contribution in [2.75, 3.05) is 0 Å². The Morgan fingerprint density at radius 3 is 1.43 bits per heavy atom. The summed E-state index contributed by atoms with van der Waals surface area (Å²) in [6.07, 6.45) is 0. The summed E-state index contributed by atoms with van der Waals surface area (Å²) in [6, 6.07) is 0. The van der Waals surface area contributed by atoms with Gasteiger partial charge in [-0.1, -0.05) is 13.8 Å². The van der Waals surface area contributed by atoms with Gasteiger partial charge in [-0.05, 0) is 18.8 Å². The monoisotopic (exact) mass is 118 g/mol. The van der Waals surface area contributed by atoms with E-state index in [1.807, 2.05) is 0 Å². The molecule has 0 N–H and O–H groups in total. The molecule has 0 aliphatic heterocycles. The van der Waals surface area contributed by atoms with E-state index in [1.54, 1.807) is 0 Å². The second-order valence-corrected chi connectivity index (χ2v) is 3.54. The van der Waals surface area contributed by atoms with Gasteiger partial charge in [0.15, 0.2) is 0 Å². The summed E-state index contributed by atoms with van der Waals surface area (Å²) in [5.41, 5.74) is 0. The van der Waals surface area contributed by atoms with Crippen molar-refractivity contribution in [3.05, 3.63) is 0 Å². The molecule has 1 heteroatoms. The Bertz CT molecular complexity index is 76.2. The predicted molar refractivity (Wildman–Crippen MR) is 32.6 cm³/mol. The van der Waals surface area contributed by atoms with Crippen molar-refractivity contribution in [1.82, 2.24) is 0 Å². The van der Waals surface area contributed by atoms with Crippen molar-refractivity contribution in [2.45, 2.75) is 25.6 Å². The smallest absolute Gasteiger partial charge is 0.0476 e. The van der Waals surface area contributed by atoms with Gasteiger partial charge >= 0.3 is 0 Å². The molecule has 0 bridgehead atoms. The van der Waals surface area contributed by atoms with E-state index in [0.717, 1.165) is 11.8 Å². The maximum Gasteiger partial charge on any atom is 0.0476 e. The molecule has 1 rings (SSSR count). The molecule has 0 spiro atoms. The normalized spacial score (nSPS) is 60.0. The first-order valence-electron chi connectivity index (χ1n) is 2.75. The van der Waals surface area contributed by atoms with Crippen LogP contribution >= 0.6 is 11.6 Å². The van der Waals surface area contributed by atoms with Gasteiger partial charge in [-0.25, -0.2) is 0 Å². The molecule has 1 saturated carbocycles. The lowest BCUT2D eigenvalue weighted by Crippen LogP contribution is -1.90. The molecule has 0 nitrogen and oxygen atoms in total. The van der Waals surface area contributed by atoms with Crippen LogP contribution in [-0.4, -0.2) is 4.87 Å². The van der Waals surface area contributed by atoms with Crippen LogP contribution in [0.1, 0.15) is 20.8 Å². The average Bonchev–Trinajstić information content (AvgIpc) is 1.91. The van der Waals surface area contributed by atoms with Gasteiger partial charge in [0.05, 0.1) is 0 Å². The van der Waals surface area contributed by atoms with Crippen LogP contribution in [0.4, 0.5) is 0 Å². The van der Waals surface area contributed by atoms with Crippen molar-refractivity contribution in [3.63, 3.8) is 0 Å². The number of halogens is 1. The van der Waals surface area contributed by atoms with Crippen LogP contribution in [0.25, 0.3) is 0 Å². The van der Waals surface area contributed by atoms with Gasteiger partial charge in [-0.2, -0.15) is 0 Å². The number of hydrogen-bond donors (Lipinski definition) is 0. The fourth-order valence-electron chi connectivity index (χ4n) is 0.933. The highest BCUT2D eigenvalue weighted by Gasteiger charge is 2.53. The zero-order valence-electron chi connectivity index (χ0n) is 5.03. The Hall–Kier alpha value is 0.290. The molecular weight excluding hydrogens is 108 g/mol. The van der Waals surface area contributed by atoms with Gasteiger partial charge in [0.1, 0.15) is 0 Å². The zero-order valence-corrected chi connectivity index (χ0v) is 5.79. The number of hydrogen-bond acceptors (Lipinski definition) is 0. The molecule has 1 aliphatic carbocycles. The van der Waals surface area contributed by atoms with Crippen LogP contribution in [-0.2, 0) is 0 Å². The maximum atomic E-state index is 5.94. The van der Waals surface area contributed by atoms with E-state index in [1.165, 1.54) is 0 Å². The highest BCUT2D eigenvalue weighted by atomic mass is 35.5. The molecule has 0 amide bonds. The van der Waals surface area contributed by atoms with E-state index in [0.29, 0.717) is 0 Å². The quantitative estimate of drug-likeness (QED) is 0.428. The lowest BCUT2D eigenvalue weighted by atomic mass is 10.4. The summed E-state index contributed by atoms with van der Waals surface area (Å²) in [6.45, 7) is 6.49. The molecule has 0 heterocycles. The maximum absolute atomic E-state index is 5.94. The molecule has 7 heavy (non-hydrogen) atoms. The molecule has 0 aromatic rings. The number of rotatable bonds is 0. The third-order valence-corrected chi connectivity index (χ3v) is 3.11. The van der Waals surface area contributed by atoms with Crippen LogP contribution in [0, 0.1) is 11.8 Å². The molecule has 2 unspecified atom stereocenters. The molecule has 2 atom stereocenters. The molecule has 0 aromatic heterocycles. The SMILES string of the molecule is CC1C(C)C1(C)Cl. The highest BCUT2D eigenvalue weighted by molar-refractivity contribution is 6.26. The topological polar surface area (TPSA) is 0 Å². The Morgan fingerprint density at radius 2 is 1.43 bits per heavy atom. The third kappa shape index (κ3) is 0.567. The van der Waals surface area contributed by atoms with E-state index in [4.69, 9.17) is 11.6 Å². The summed E-state index contributed by atoms with van der Waals surface area (Å²) < 4.78 is 0. The lowest BCUT2D eigenvalue weighted by Gasteiger charge is -1.90. The second kappa shape index (κ2) is 1.17. The highest BCUT2D eigenvalue weighted by Crippen LogP contribution is 2.54. The summed E-state index contributed by atoms with van der Waals surface area (Å²) >= 11 is 5.94. The zero-order chi connectivity index (χ0) is 5.65. The Kier molecular flexibility index (Phi) is 0.904. The van der Waals surface area contributed by atoms with Crippen molar-refractivity contribution < 1.29 is 0 Å². The van der Waals surface area contributed by atoms with Crippen LogP contribution in [0.5, 0.6) is 0 Å². The summed E-state index contributed by atoms with van der Waals surface area (Å²) in [4.78, 5) is 0.139. The van der Waals surface area contributed by atoms with Crippen molar-refractivity contribution in [2.24, 2.45) is 11.8 Å². The van der Waals surface area contributed by atoms with Crippen LogP contribution < -0.4 is 0 Å². The van der Waals surface area contributed by atoms with Gasteiger partial charge in [-0.15, -0.1) is 11.6 Å². The first kappa shape index (κ1) is 5.43. The Morgan fingerprint density at radius 1 is 1.29 bits per heavy atom. The van der Waals surface area contributed by atoms with E-state index in [2.05, 4.69) is 20.8 Å². The number of alkyl halides is 1. The second-order valence-electron chi connectivity index (χ2n) is 2.73. The Labute approximate surface area is 49.9 Å². The first-order valence-corrected chi connectivity index (χ1v) is 3.13. The van der Waals surface area contributed by atoms with E-state index in [9.17, 15) is 0 Å². The van der Waals surface area contributed by atoms with Gasteiger partial charge < -0.3 is 0 Å². The molecule has 0 radical (unpaired) electrons. The molecule has 1 fully saturated rings. The first-order chi connectivity index (χ1) is 3.07. The minimum atomic E-state index is 0.139. The molecule has 1 aliphatic rings. The largest absolute Gasteiger partial charge is 0.119 e.